The fraction of sp³-hybridized carbons (Fsp3) is 0.316. The molecule has 1 saturated heterocycles. The van der Waals surface area contributed by atoms with Crippen LogP contribution in [0.4, 0.5) is 23.2 Å². The number of hydrogen-bond acceptors (Lipinski definition) is 2. The van der Waals surface area contributed by atoms with Crippen LogP contribution in [0.2, 0.25) is 0 Å². The van der Waals surface area contributed by atoms with Crippen molar-refractivity contribution in [2.45, 2.75) is 12.6 Å². The fourth-order valence-electron chi connectivity index (χ4n) is 3.00. The Labute approximate surface area is 148 Å². The molecule has 0 aromatic heterocycles. The molecule has 0 unspecified atom stereocenters. The van der Waals surface area contributed by atoms with Gasteiger partial charge in [0.25, 0.3) is 0 Å². The fourth-order valence-corrected chi connectivity index (χ4v) is 3.00. The maximum atomic E-state index is 13.8. The van der Waals surface area contributed by atoms with Gasteiger partial charge in [0.05, 0.1) is 17.7 Å². The predicted octanol–water partition coefficient (Wildman–Crippen LogP) is 3.74. The summed E-state index contributed by atoms with van der Waals surface area (Å²) in [5, 5.41) is 0. The summed E-state index contributed by atoms with van der Waals surface area (Å²) in [6.45, 7) is 1.93. The van der Waals surface area contributed by atoms with Crippen molar-refractivity contribution >= 4 is 11.6 Å². The van der Waals surface area contributed by atoms with Crippen molar-refractivity contribution in [2.75, 3.05) is 31.1 Å². The van der Waals surface area contributed by atoms with Crippen LogP contribution >= 0.6 is 0 Å². The number of carbonyl (C=O) groups excluding carboxylic acids is 1. The van der Waals surface area contributed by atoms with E-state index in [4.69, 9.17) is 0 Å². The Balaban J connectivity index is 1.56. The van der Waals surface area contributed by atoms with Crippen molar-refractivity contribution in [3.05, 3.63) is 65.5 Å². The van der Waals surface area contributed by atoms with Crippen molar-refractivity contribution < 1.29 is 22.4 Å². The Hall–Kier alpha value is -2.57. The molecule has 1 aliphatic heterocycles. The quantitative estimate of drug-likeness (QED) is 0.773. The van der Waals surface area contributed by atoms with Gasteiger partial charge in [-0.25, -0.2) is 4.39 Å². The summed E-state index contributed by atoms with van der Waals surface area (Å²) in [6, 6.07) is 11.1. The lowest BCUT2D eigenvalue weighted by Crippen LogP contribution is -2.49. The van der Waals surface area contributed by atoms with Gasteiger partial charge in [0, 0.05) is 26.2 Å². The van der Waals surface area contributed by atoms with Crippen LogP contribution in [0.5, 0.6) is 0 Å². The van der Waals surface area contributed by atoms with E-state index in [0.717, 1.165) is 12.1 Å². The van der Waals surface area contributed by atoms with Gasteiger partial charge in [-0.1, -0.05) is 24.3 Å². The number of rotatable bonds is 3. The number of carbonyl (C=O) groups is 1. The van der Waals surface area contributed by atoms with Gasteiger partial charge < -0.3 is 9.80 Å². The van der Waals surface area contributed by atoms with Gasteiger partial charge in [-0.05, 0) is 29.8 Å². The molecule has 0 radical (unpaired) electrons. The second-order valence-electron chi connectivity index (χ2n) is 6.19. The summed E-state index contributed by atoms with van der Waals surface area (Å²) < 4.78 is 51.5. The van der Waals surface area contributed by atoms with Gasteiger partial charge in [-0.15, -0.1) is 0 Å². The summed E-state index contributed by atoms with van der Waals surface area (Å²) in [6.07, 6.45) is -4.33. The summed E-state index contributed by atoms with van der Waals surface area (Å²) in [7, 11) is 0. The average Bonchev–Trinajstić information content (AvgIpc) is 2.62. The van der Waals surface area contributed by atoms with Crippen molar-refractivity contribution in [3.63, 3.8) is 0 Å². The highest BCUT2D eigenvalue weighted by Gasteiger charge is 2.30. The van der Waals surface area contributed by atoms with Crippen LogP contribution in [0.1, 0.15) is 11.1 Å². The molecule has 0 bridgehead atoms. The number of para-hydroxylation sites is 1. The summed E-state index contributed by atoms with van der Waals surface area (Å²) >= 11 is 0. The van der Waals surface area contributed by atoms with E-state index < -0.39 is 11.7 Å². The Kier molecular flexibility index (Phi) is 5.15. The molecule has 0 spiro atoms. The number of alkyl halides is 3. The molecular formula is C19H18F4N2O. The van der Waals surface area contributed by atoms with Crippen LogP contribution in [0, 0.1) is 5.82 Å². The van der Waals surface area contributed by atoms with E-state index in [1.54, 1.807) is 23.1 Å². The molecule has 0 atom stereocenters. The van der Waals surface area contributed by atoms with E-state index in [-0.39, 0.29) is 18.1 Å². The second-order valence-corrected chi connectivity index (χ2v) is 6.19. The lowest BCUT2D eigenvalue weighted by Gasteiger charge is -2.36. The minimum Gasteiger partial charge on any atom is -0.366 e. The Morgan fingerprint density at radius 3 is 2.12 bits per heavy atom. The van der Waals surface area contributed by atoms with E-state index in [2.05, 4.69) is 0 Å². The molecule has 2 aromatic rings. The topological polar surface area (TPSA) is 23.6 Å². The monoisotopic (exact) mass is 366 g/mol. The van der Waals surface area contributed by atoms with Gasteiger partial charge >= 0.3 is 6.18 Å². The van der Waals surface area contributed by atoms with Crippen molar-refractivity contribution in [2.24, 2.45) is 0 Å². The first-order valence-electron chi connectivity index (χ1n) is 8.28. The molecule has 26 heavy (non-hydrogen) atoms. The Morgan fingerprint density at radius 2 is 1.54 bits per heavy atom. The summed E-state index contributed by atoms with van der Waals surface area (Å²) in [4.78, 5) is 15.9. The van der Waals surface area contributed by atoms with Crippen LogP contribution in [0.3, 0.4) is 0 Å². The van der Waals surface area contributed by atoms with E-state index in [1.165, 1.54) is 18.2 Å². The molecule has 2 aromatic carbocycles. The zero-order chi connectivity index (χ0) is 18.7. The van der Waals surface area contributed by atoms with Crippen molar-refractivity contribution in [3.8, 4) is 0 Å². The number of piperazine rings is 1. The predicted molar refractivity (Wildman–Crippen MR) is 90.3 cm³/mol. The molecule has 3 rings (SSSR count). The maximum Gasteiger partial charge on any atom is 0.416 e. The zero-order valence-corrected chi connectivity index (χ0v) is 14.0. The van der Waals surface area contributed by atoms with Crippen LogP contribution in [0.15, 0.2) is 48.5 Å². The van der Waals surface area contributed by atoms with Crippen LogP contribution in [-0.2, 0) is 17.4 Å². The van der Waals surface area contributed by atoms with Crippen LogP contribution < -0.4 is 4.90 Å². The SMILES string of the molecule is O=C(Cc1ccc(C(F)(F)F)cc1)N1CCN(c2ccccc2F)CC1. The molecule has 7 heteroatoms. The maximum absolute atomic E-state index is 13.8. The lowest BCUT2D eigenvalue weighted by molar-refractivity contribution is -0.137. The first kappa shape index (κ1) is 18.2. The Morgan fingerprint density at radius 1 is 0.923 bits per heavy atom. The molecular weight excluding hydrogens is 348 g/mol. The number of benzene rings is 2. The third kappa shape index (κ3) is 4.15. The molecule has 1 heterocycles. The molecule has 3 nitrogen and oxygen atoms in total. The highest BCUT2D eigenvalue weighted by atomic mass is 19.4. The van der Waals surface area contributed by atoms with E-state index in [9.17, 15) is 22.4 Å². The van der Waals surface area contributed by atoms with Gasteiger partial charge in [-0.3, -0.25) is 4.79 Å². The molecule has 1 amide bonds. The van der Waals surface area contributed by atoms with Crippen molar-refractivity contribution in [1.29, 1.82) is 0 Å². The third-order valence-electron chi connectivity index (χ3n) is 4.46. The Bertz CT molecular complexity index is 766. The minimum atomic E-state index is -4.38. The molecule has 0 saturated carbocycles. The normalized spacial score (nSPS) is 15.2. The van der Waals surface area contributed by atoms with Crippen LogP contribution in [0.25, 0.3) is 0 Å². The van der Waals surface area contributed by atoms with Gasteiger partial charge in [-0.2, -0.15) is 13.2 Å². The van der Waals surface area contributed by atoms with E-state index in [0.29, 0.717) is 37.4 Å². The first-order valence-corrected chi connectivity index (χ1v) is 8.28. The van der Waals surface area contributed by atoms with E-state index >= 15 is 0 Å². The van der Waals surface area contributed by atoms with E-state index in [1.807, 2.05) is 4.90 Å². The standard InChI is InChI=1S/C19H18F4N2O/c20-16-3-1-2-4-17(16)24-9-11-25(12-10-24)18(26)13-14-5-7-15(8-6-14)19(21,22)23/h1-8H,9-13H2. The highest BCUT2D eigenvalue weighted by Crippen LogP contribution is 2.29. The molecule has 138 valence electrons. The lowest BCUT2D eigenvalue weighted by atomic mass is 10.1. The number of hydrogen-bond donors (Lipinski definition) is 0. The molecule has 0 N–H and O–H groups in total. The summed E-state index contributed by atoms with van der Waals surface area (Å²) in [5.41, 5.74) is 0.328. The molecule has 1 aliphatic rings. The smallest absolute Gasteiger partial charge is 0.366 e. The average molecular weight is 366 g/mol. The second kappa shape index (κ2) is 7.35. The number of nitrogens with zero attached hydrogens (tertiary/aromatic N) is 2. The zero-order valence-electron chi connectivity index (χ0n) is 14.0. The van der Waals surface area contributed by atoms with Crippen LogP contribution in [-0.4, -0.2) is 37.0 Å². The van der Waals surface area contributed by atoms with Gasteiger partial charge in [0.15, 0.2) is 0 Å². The minimum absolute atomic E-state index is 0.0534. The summed E-state index contributed by atoms with van der Waals surface area (Å²) in [5.74, 6) is -0.435. The largest absolute Gasteiger partial charge is 0.416 e. The number of amides is 1. The van der Waals surface area contributed by atoms with Gasteiger partial charge in [0.2, 0.25) is 5.91 Å². The van der Waals surface area contributed by atoms with Crippen molar-refractivity contribution in [1.82, 2.24) is 4.90 Å². The number of halogens is 4. The first-order chi connectivity index (χ1) is 12.3. The molecule has 0 aliphatic carbocycles. The molecule has 1 fully saturated rings. The highest BCUT2D eigenvalue weighted by molar-refractivity contribution is 5.79. The number of anilines is 1. The third-order valence-corrected chi connectivity index (χ3v) is 4.46. The van der Waals surface area contributed by atoms with Gasteiger partial charge in [0.1, 0.15) is 5.82 Å².